The number of benzene rings is 2. The molecule has 2 aromatic carbocycles. The summed E-state index contributed by atoms with van der Waals surface area (Å²) in [5.41, 5.74) is 7.47. The Morgan fingerprint density at radius 1 is 1.14 bits per heavy atom. The lowest BCUT2D eigenvalue weighted by molar-refractivity contribution is -0.119. The van der Waals surface area contributed by atoms with E-state index < -0.39 is 28.5 Å². The number of carbonyl (C=O) groups excluding carboxylic acids is 2. The number of carbonyl (C=O) groups is 2. The number of nitrogen functional groups attached to an aromatic ring is 1. The van der Waals surface area contributed by atoms with Crippen LogP contribution in [-0.2, 0) is 19.6 Å². The molecule has 29 heavy (non-hydrogen) atoms. The van der Waals surface area contributed by atoms with Crippen molar-refractivity contribution in [2.24, 2.45) is 0 Å². The fourth-order valence-electron chi connectivity index (χ4n) is 2.33. The number of hydrogen-bond donors (Lipinski definition) is 2. The maximum atomic E-state index is 12.4. The predicted octanol–water partition coefficient (Wildman–Crippen LogP) is 1.63. The lowest BCUT2D eigenvalue weighted by Crippen LogP contribution is -2.24. The van der Waals surface area contributed by atoms with Crippen molar-refractivity contribution in [1.29, 1.82) is 0 Å². The summed E-state index contributed by atoms with van der Waals surface area (Å²) in [6, 6.07) is 8.87. The van der Waals surface area contributed by atoms with Gasteiger partial charge in [0.2, 0.25) is 10.0 Å². The van der Waals surface area contributed by atoms with Crippen LogP contribution in [0, 0.1) is 6.92 Å². The van der Waals surface area contributed by atoms with Crippen LogP contribution in [0.25, 0.3) is 0 Å². The molecule has 0 bridgehead atoms. The molecule has 0 atom stereocenters. The third kappa shape index (κ3) is 5.24. The van der Waals surface area contributed by atoms with Crippen LogP contribution < -0.4 is 15.8 Å². The second-order valence-electron chi connectivity index (χ2n) is 6.35. The zero-order chi connectivity index (χ0) is 21.8. The van der Waals surface area contributed by atoms with Gasteiger partial charge in [0.25, 0.3) is 5.91 Å². The monoisotopic (exact) mass is 421 g/mol. The van der Waals surface area contributed by atoms with Gasteiger partial charge in [0.05, 0.1) is 12.7 Å². The summed E-state index contributed by atoms with van der Waals surface area (Å²) in [6.45, 7) is 1.26. The predicted molar refractivity (Wildman–Crippen MR) is 108 cm³/mol. The average Bonchev–Trinajstić information content (AvgIpc) is 2.68. The van der Waals surface area contributed by atoms with Crippen LogP contribution in [0.2, 0.25) is 0 Å². The van der Waals surface area contributed by atoms with E-state index in [1.54, 1.807) is 19.1 Å². The van der Waals surface area contributed by atoms with E-state index in [1.807, 2.05) is 0 Å². The zero-order valence-electron chi connectivity index (χ0n) is 16.6. The minimum atomic E-state index is -3.79. The fraction of sp³-hybridized carbons (Fsp3) is 0.263. The summed E-state index contributed by atoms with van der Waals surface area (Å²) in [4.78, 5) is 24.1. The van der Waals surface area contributed by atoms with Crippen molar-refractivity contribution in [3.63, 3.8) is 0 Å². The third-order valence-electron chi connectivity index (χ3n) is 4.06. The van der Waals surface area contributed by atoms with Crippen LogP contribution in [0.4, 0.5) is 11.4 Å². The van der Waals surface area contributed by atoms with Crippen molar-refractivity contribution in [2.75, 3.05) is 38.9 Å². The Hall–Kier alpha value is -3.11. The van der Waals surface area contributed by atoms with Crippen molar-refractivity contribution >= 4 is 33.3 Å². The van der Waals surface area contributed by atoms with Crippen molar-refractivity contribution in [1.82, 2.24) is 4.31 Å². The van der Waals surface area contributed by atoms with Gasteiger partial charge in [0, 0.05) is 25.5 Å². The van der Waals surface area contributed by atoms with E-state index >= 15 is 0 Å². The van der Waals surface area contributed by atoms with E-state index in [4.69, 9.17) is 15.2 Å². The van der Waals surface area contributed by atoms with E-state index in [0.29, 0.717) is 5.69 Å². The summed E-state index contributed by atoms with van der Waals surface area (Å²) in [5, 5.41) is 2.49. The molecule has 0 radical (unpaired) electrons. The highest BCUT2D eigenvalue weighted by Crippen LogP contribution is 2.28. The van der Waals surface area contributed by atoms with E-state index in [0.717, 1.165) is 9.87 Å². The van der Waals surface area contributed by atoms with Crippen molar-refractivity contribution in [3.05, 3.63) is 47.5 Å². The SMILES string of the molecule is COc1ccc(NC(=O)COC(=O)c2ccc(C)c(N)c2)cc1S(=O)(=O)N(C)C. The number of nitrogens with zero attached hydrogens (tertiary/aromatic N) is 1. The van der Waals surface area contributed by atoms with E-state index in [9.17, 15) is 18.0 Å². The number of sulfonamides is 1. The third-order valence-corrected chi connectivity index (χ3v) is 5.89. The molecule has 0 unspecified atom stereocenters. The molecule has 0 aliphatic heterocycles. The number of ether oxygens (including phenoxy) is 2. The van der Waals surface area contributed by atoms with Gasteiger partial charge >= 0.3 is 5.97 Å². The molecule has 1 amide bonds. The number of aryl methyl sites for hydroxylation is 1. The van der Waals surface area contributed by atoms with Gasteiger partial charge in [-0.1, -0.05) is 6.07 Å². The Morgan fingerprint density at radius 2 is 1.83 bits per heavy atom. The molecule has 0 fully saturated rings. The van der Waals surface area contributed by atoms with Gasteiger partial charge in [-0.2, -0.15) is 0 Å². The average molecular weight is 421 g/mol. The number of anilines is 2. The van der Waals surface area contributed by atoms with Gasteiger partial charge < -0.3 is 20.5 Å². The van der Waals surface area contributed by atoms with Crippen LogP contribution in [0.3, 0.4) is 0 Å². The number of nitrogens with one attached hydrogen (secondary N) is 1. The van der Waals surface area contributed by atoms with Gasteiger partial charge in [-0.3, -0.25) is 4.79 Å². The van der Waals surface area contributed by atoms with Gasteiger partial charge in [0.1, 0.15) is 10.6 Å². The quantitative estimate of drug-likeness (QED) is 0.514. The second kappa shape index (κ2) is 8.93. The summed E-state index contributed by atoms with van der Waals surface area (Å²) >= 11 is 0. The maximum absolute atomic E-state index is 12.4. The topological polar surface area (TPSA) is 128 Å². The first kappa shape index (κ1) is 22.2. The van der Waals surface area contributed by atoms with E-state index in [-0.39, 0.29) is 21.9 Å². The second-order valence-corrected chi connectivity index (χ2v) is 8.47. The molecule has 0 saturated heterocycles. The first-order chi connectivity index (χ1) is 13.6. The highest BCUT2D eigenvalue weighted by atomic mass is 32.2. The molecule has 0 heterocycles. The number of hydrogen-bond acceptors (Lipinski definition) is 7. The van der Waals surface area contributed by atoms with Crippen molar-refractivity contribution < 1.29 is 27.5 Å². The molecular weight excluding hydrogens is 398 g/mol. The summed E-state index contributed by atoms with van der Waals surface area (Å²) in [6.07, 6.45) is 0. The summed E-state index contributed by atoms with van der Waals surface area (Å²) < 4.78 is 36.0. The minimum absolute atomic E-state index is 0.102. The lowest BCUT2D eigenvalue weighted by atomic mass is 10.1. The standard InChI is InChI=1S/C19H23N3O6S/c1-12-5-6-13(9-15(12)20)19(24)28-11-18(23)21-14-7-8-16(27-4)17(10-14)29(25,26)22(2)3/h5-10H,11,20H2,1-4H3,(H,21,23). The largest absolute Gasteiger partial charge is 0.495 e. The lowest BCUT2D eigenvalue weighted by Gasteiger charge is -2.16. The molecule has 0 aliphatic carbocycles. The van der Waals surface area contributed by atoms with Gasteiger partial charge in [-0.25, -0.2) is 17.5 Å². The molecule has 3 N–H and O–H groups in total. The molecule has 0 aliphatic rings. The Bertz CT molecular complexity index is 1030. The molecule has 10 heteroatoms. The maximum Gasteiger partial charge on any atom is 0.338 e. The van der Waals surface area contributed by atoms with Crippen molar-refractivity contribution in [2.45, 2.75) is 11.8 Å². The van der Waals surface area contributed by atoms with Crippen molar-refractivity contribution in [3.8, 4) is 5.75 Å². The van der Waals surface area contributed by atoms with Crippen LogP contribution in [0.15, 0.2) is 41.3 Å². The number of amides is 1. The molecular formula is C19H23N3O6S. The van der Waals surface area contributed by atoms with Crippen LogP contribution >= 0.6 is 0 Å². The molecule has 0 aromatic heterocycles. The molecule has 9 nitrogen and oxygen atoms in total. The first-order valence-corrected chi connectivity index (χ1v) is 9.94. The Morgan fingerprint density at radius 3 is 2.41 bits per heavy atom. The van der Waals surface area contributed by atoms with Crippen LogP contribution in [-0.4, -0.2) is 52.4 Å². The number of methoxy groups -OCH3 is 1. The minimum Gasteiger partial charge on any atom is -0.495 e. The zero-order valence-corrected chi connectivity index (χ0v) is 17.4. The normalized spacial score (nSPS) is 11.2. The molecule has 0 spiro atoms. The number of esters is 1. The van der Waals surface area contributed by atoms with Gasteiger partial charge in [-0.15, -0.1) is 0 Å². The molecule has 0 saturated carbocycles. The molecule has 2 rings (SSSR count). The fourth-order valence-corrected chi connectivity index (χ4v) is 3.41. The smallest absolute Gasteiger partial charge is 0.338 e. The van der Waals surface area contributed by atoms with Gasteiger partial charge in [-0.05, 0) is 42.8 Å². The molecule has 156 valence electrons. The highest BCUT2D eigenvalue weighted by Gasteiger charge is 2.23. The number of nitrogens with two attached hydrogens (primary N) is 1. The molecule has 2 aromatic rings. The van der Waals surface area contributed by atoms with Crippen LogP contribution in [0.1, 0.15) is 15.9 Å². The van der Waals surface area contributed by atoms with Gasteiger partial charge in [0.15, 0.2) is 6.61 Å². The first-order valence-electron chi connectivity index (χ1n) is 8.50. The highest BCUT2D eigenvalue weighted by molar-refractivity contribution is 7.89. The Balaban J connectivity index is 2.09. The summed E-state index contributed by atoms with van der Waals surface area (Å²) in [5.74, 6) is -1.19. The van der Waals surface area contributed by atoms with Crippen LogP contribution in [0.5, 0.6) is 5.75 Å². The number of rotatable bonds is 7. The van der Waals surface area contributed by atoms with E-state index in [1.165, 1.54) is 45.5 Å². The van der Waals surface area contributed by atoms with E-state index in [2.05, 4.69) is 5.32 Å². The summed E-state index contributed by atoms with van der Waals surface area (Å²) in [7, 11) is 0.332. The Kier molecular flexibility index (Phi) is 6.83. The Labute approximate surface area is 169 Å².